The van der Waals surface area contributed by atoms with Crippen molar-refractivity contribution in [2.45, 2.75) is 13.5 Å². The average Bonchev–Trinajstić information content (AvgIpc) is 2.26. The van der Waals surface area contributed by atoms with Gasteiger partial charge in [0.05, 0.1) is 0 Å². The SMILES string of the molecule is C/C(=N/O)C(=O)OCc1ccccc1. The topological polar surface area (TPSA) is 58.9 Å². The third-order valence-electron chi connectivity index (χ3n) is 1.66. The van der Waals surface area contributed by atoms with E-state index >= 15 is 0 Å². The monoisotopic (exact) mass is 193 g/mol. The summed E-state index contributed by atoms with van der Waals surface area (Å²) in [6, 6.07) is 9.29. The summed E-state index contributed by atoms with van der Waals surface area (Å²) in [5, 5.41) is 11.0. The Bertz CT molecular complexity index is 332. The van der Waals surface area contributed by atoms with Gasteiger partial charge in [-0.1, -0.05) is 35.5 Å². The Morgan fingerprint density at radius 3 is 2.64 bits per heavy atom. The smallest absolute Gasteiger partial charge is 0.356 e. The van der Waals surface area contributed by atoms with Gasteiger partial charge in [0, 0.05) is 0 Å². The molecule has 0 fully saturated rings. The molecule has 4 heteroatoms. The van der Waals surface area contributed by atoms with Gasteiger partial charge in [0.15, 0.2) is 5.71 Å². The third-order valence-corrected chi connectivity index (χ3v) is 1.66. The number of carbonyl (C=O) groups excluding carboxylic acids is 1. The minimum atomic E-state index is -0.614. The standard InChI is InChI=1S/C10H11NO3/c1-8(11-13)10(12)14-7-9-5-3-2-4-6-9/h2-6,13H,7H2,1H3/b11-8-. The highest BCUT2D eigenvalue weighted by molar-refractivity contribution is 6.35. The fourth-order valence-electron chi connectivity index (χ4n) is 0.868. The van der Waals surface area contributed by atoms with E-state index in [1.807, 2.05) is 30.3 Å². The number of nitrogens with zero attached hydrogens (tertiary/aromatic N) is 1. The average molecular weight is 193 g/mol. The molecule has 0 aliphatic carbocycles. The van der Waals surface area contributed by atoms with Crippen LogP contribution in [0.3, 0.4) is 0 Å². The summed E-state index contributed by atoms with van der Waals surface area (Å²) >= 11 is 0. The van der Waals surface area contributed by atoms with Gasteiger partial charge in [-0.05, 0) is 12.5 Å². The van der Waals surface area contributed by atoms with Gasteiger partial charge in [0.1, 0.15) is 6.61 Å². The second-order valence-electron chi connectivity index (χ2n) is 2.75. The van der Waals surface area contributed by atoms with Crippen molar-refractivity contribution < 1.29 is 14.7 Å². The van der Waals surface area contributed by atoms with Crippen LogP contribution in [0.2, 0.25) is 0 Å². The molecule has 0 aromatic heterocycles. The fraction of sp³-hybridized carbons (Fsp3) is 0.200. The van der Waals surface area contributed by atoms with Crippen LogP contribution in [0, 0.1) is 0 Å². The van der Waals surface area contributed by atoms with Gasteiger partial charge >= 0.3 is 5.97 Å². The van der Waals surface area contributed by atoms with Gasteiger partial charge < -0.3 is 9.94 Å². The number of hydrogen-bond donors (Lipinski definition) is 1. The number of hydrogen-bond acceptors (Lipinski definition) is 4. The summed E-state index contributed by atoms with van der Waals surface area (Å²) in [6.07, 6.45) is 0. The summed E-state index contributed by atoms with van der Waals surface area (Å²) in [5.74, 6) is -0.614. The summed E-state index contributed by atoms with van der Waals surface area (Å²) in [5.41, 5.74) is 0.840. The molecular formula is C10H11NO3. The van der Waals surface area contributed by atoms with Gasteiger partial charge in [-0.25, -0.2) is 4.79 Å². The highest BCUT2D eigenvalue weighted by Gasteiger charge is 2.07. The predicted molar refractivity (Wildman–Crippen MR) is 51.1 cm³/mol. The van der Waals surface area contributed by atoms with Gasteiger partial charge in [-0.3, -0.25) is 0 Å². The van der Waals surface area contributed by atoms with Crippen molar-refractivity contribution in [3.05, 3.63) is 35.9 Å². The van der Waals surface area contributed by atoms with Gasteiger partial charge in [-0.15, -0.1) is 0 Å². The van der Waals surface area contributed by atoms with Crippen LogP contribution in [0.1, 0.15) is 12.5 Å². The number of oxime groups is 1. The minimum Gasteiger partial charge on any atom is -0.456 e. The fourth-order valence-corrected chi connectivity index (χ4v) is 0.868. The highest BCUT2D eigenvalue weighted by Crippen LogP contribution is 2.00. The first-order valence-corrected chi connectivity index (χ1v) is 4.13. The second-order valence-corrected chi connectivity index (χ2v) is 2.75. The zero-order chi connectivity index (χ0) is 10.4. The van der Waals surface area contributed by atoms with Crippen molar-refractivity contribution in [2.75, 3.05) is 0 Å². The lowest BCUT2D eigenvalue weighted by molar-refractivity contribution is -0.136. The maximum atomic E-state index is 11.0. The largest absolute Gasteiger partial charge is 0.456 e. The van der Waals surface area contributed by atoms with Crippen LogP contribution in [-0.4, -0.2) is 16.9 Å². The molecule has 1 rings (SSSR count). The van der Waals surface area contributed by atoms with E-state index in [4.69, 9.17) is 9.94 Å². The molecule has 0 aliphatic rings. The van der Waals surface area contributed by atoms with E-state index in [-0.39, 0.29) is 12.3 Å². The van der Waals surface area contributed by atoms with Crippen LogP contribution >= 0.6 is 0 Å². The van der Waals surface area contributed by atoms with E-state index in [0.717, 1.165) is 5.56 Å². The summed E-state index contributed by atoms with van der Waals surface area (Å²) in [7, 11) is 0. The van der Waals surface area contributed by atoms with Crippen molar-refractivity contribution in [1.29, 1.82) is 0 Å². The zero-order valence-corrected chi connectivity index (χ0v) is 7.80. The molecule has 0 saturated heterocycles. The van der Waals surface area contributed by atoms with E-state index in [1.165, 1.54) is 6.92 Å². The van der Waals surface area contributed by atoms with Gasteiger partial charge in [-0.2, -0.15) is 0 Å². The van der Waals surface area contributed by atoms with Crippen LogP contribution in [-0.2, 0) is 16.1 Å². The van der Waals surface area contributed by atoms with Crippen LogP contribution in [0.25, 0.3) is 0 Å². The Labute approximate surface area is 81.8 Å². The first-order chi connectivity index (χ1) is 6.74. The van der Waals surface area contributed by atoms with Crippen molar-refractivity contribution >= 4 is 11.7 Å². The van der Waals surface area contributed by atoms with Gasteiger partial charge in [0.25, 0.3) is 0 Å². The Morgan fingerprint density at radius 1 is 1.43 bits per heavy atom. The maximum absolute atomic E-state index is 11.0. The van der Waals surface area contributed by atoms with Crippen molar-refractivity contribution in [1.82, 2.24) is 0 Å². The van der Waals surface area contributed by atoms with Crippen LogP contribution in [0.15, 0.2) is 35.5 Å². The number of carbonyl (C=O) groups is 1. The molecule has 4 nitrogen and oxygen atoms in total. The van der Waals surface area contributed by atoms with Crippen molar-refractivity contribution in [2.24, 2.45) is 5.16 Å². The van der Waals surface area contributed by atoms with Crippen LogP contribution in [0.4, 0.5) is 0 Å². The molecule has 0 unspecified atom stereocenters. The Hall–Kier alpha value is -1.84. The van der Waals surface area contributed by atoms with Crippen molar-refractivity contribution in [3.8, 4) is 0 Å². The molecule has 0 aliphatic heterocycles. The lowest BCUT2D eigenvalue weighted by atomic mass is 10.2. The Kier molecular flexibility index (Phi) is 3.67. The lowest BCUT2D eigenvalue weighted by Crippen LogP contribution is -2.13. The first-order valence-electron chi connectivity index (χ1n) is 4.13. The number of esters is 1. The van der Waals surface area contributed by atoms with E-state index < -0.39 is 5.97 Å². The normalized spacial score (nSPS) is 11.1. The van der Waals surface area contributed by atoms with E-state index in [0.29, 0.717) is 0 Å². The molecule has 0 radical (unpaired) electrons. The molecule has 0 heterocycles. The van der Waals surface area contributed by atoms with Crippen molar-refractivity contribution in [3.63, 3.8) is 0 Å². The molecule has 0 amide bonds. The second kappa shape index (κ2) is 5.01. The summed E-state index contributed by atoms with van der Waals surface area (Å²) < 4.78 is 4.85. The van der Waals surface area contributed by atoms with E-state index in [2.05, 4.69) is 5.16 Å². The maximum Gasteiger partial charge on any atom is 0.356 e. The quantitative estimate of drug-likeness (QED) is 0.343. The minimum absolute atomic E-state index is 0.0547. The number of benzene rings is 1. The molecule has 1 N–H and O–H groups in total. The third kappa shape index (κ3) is 2.90. The molecule has 14 heavy (non-hydrogen) atoms. The molecule has 0 bridgehead atoms. The van der Waals surface area contributed by atoms with E-state index in [9.17, 15) is 4.79 Å². The number of ether oxygens (including phenoxy) is 1. The predicted octanol–water partition coefficient (Wildman–Crippen LogP) is 1.58. The molecule has 0 spiro atoms. The molecule has 1 aromatic carbocycles. The first kappa shape index (κ1) is 10.2. The molecule has 1 aromatic rings. The van der Waals surface area contributed by atoms with Gasteiger partial charge in [0.2, 0.25) is 0 Å². The number of rotatable bonds is 3. The van der Waals surface area contributed by atoms with E-state index in [1.54, 1.807) is 0 Å². The molecular weight excluding hydrogens is 182 g/mol. The van der Waals surface area contributed by atoms with Crippen LogP contribution in [0.5, 0.6) is 0 Å². The molecule has 0 atom stereocenters. The summed E-state index contributed by atoms with van der Waals surface area (Å²) in [4.78, 5) is 11.0. The Morgan fingerprint density at radius 2 is 2.07 bits per heavy atom. The van der Waals surface area contributed by atoms with Crippen LogP contribution < -0.4 is 0 Å². The molecule has 74 valence electrons. The molecule has 0 saturated carbocycles. The summed E-state index contributed by atoms with van der Waals surface area (Å²) in [6.45, 7) is 1.57. The highest BCUT2D eigenvalue weighted by atomic mass is 16.5. The lowest BCUT2D eigenvalue weighted by Gasteiger charge is -2.02. The zero-order valence-electron chi connectivity index (χ0n) is 7.80. The Balaban J connectivity index is 2.46.